The molecule has 102 valence electrons. The molecule has 0 aliphatic carbocycles. The van der Waals surface area contributed by atoms with Gasteiger partial charge < -0.3 is 10.2 Å². The topological polar surface area (TPSA) is 75.5 Å². The Hall–Kier alpha value is -1.47. The fraction of sp³-hybridized carbons (Fsp3) is 0.583. The Kier molecular flexibility index (Phi) is 3.24. The second kappa shape index (κ2) is 4.90. The van der Waals surface area contributed by atoms with Crippen molar-refractivity contribution in [2.45, 2.75) is 18.9 Å². The lowest BCUT2D eigenvalue weighted by molar-refractivity contribution is -0.380. The molecule has 1 aromatic heterocycles. The normalized spacial score (nSPS) is 29.2. The number of nitrogens with one attached hydrogen (secondary N) is 1. The molecule has 0 spiro atoms. The van der Waals surface area contributed by atoms with Crippen molar-refractivity contribution in [3.63, 3.8) is 0 Å². The van der Waals surface area contributed by atoms with Crippen LogP contribution in [0.3, 0.4) is 0 Å². The number of nitro groups is 1. The molecule has 7 heteroatoms. The molecule has 2 bridgehead atoms. The zero-order valence-corrected chi connectivity index (χ0v) is 11.2. The quantitative estimate of drug-likeness (QED) is 0.517. The second-order valence-corrected chi connectivity index (χ2v) is 6.18. The molecule has 3 aliphatic rings. The van der Waals surface area contributed by atoms with E-state index in [0.717, 1.165) is 43.8 Å². The van der Waals surface area contributed by atoms with Gasteiger partial charge in [-0.1, -0.05) is 11.3 Å². The molecule has 19 heavy (non-hydrogen) atoms. The maximum absolute atomic E-state index is 12.1. The monoisotopic (exact) mass is 282 g/mol. The first kappa shape index (κ1) is 12.6. The Balaban J connectivity index is 1.66. The van der Waals surface area contributed by atoms with E-state index >= 15 is 0 Å². The van der Waals surface area contributed by atoms with Crippen LogP contribution in [0.25, 0.3) is 0 Å². The fourth-order valence-electron chi connectivity index (χ4n) is 2.92. The number of piperidine rings is 3. The summed E-state index contributed by atoms with van der Waals surface area (Å²) in [6, 6.07) is 3.10. The Morgan fingerprint density at radius 2 is 2.16 bits per heavy atom. The van der Waals surface area contributed by atoms with Crippen LogP contribution in [-0.4, -0.2) is 41.4 Å². The molecule has 1 aromatic rings. The van der Waals surface area contributed by atoms with Crippen molar-refractivity contribution in [2.24, 2.45) is 5.92 Å². The van der Waals surface area contributed by atoms with E-state index in [9.17, 15) is 14.9 Å². The average molecular weight is 282 g/mol. The molecule has 1 N–H and O–H groups in total. The third-order valence-electron chi connectivity index (χ3n) is 3.97. The first-order valence-electron chi connectivity index (χ1n) is 6.41. The average Bonchev–Trinajstić information content (AvgIpc) is 2.90. The Morgan fingerprint density at radius 1 is 1.42 bits per heavy atom. The molecule has 3 saturated heterocycles. The summed E-state index contributed by atoms with van der Waals surface area (Å²) in [7, 11) is 0. The van der Waals surface area contributed by atoms with Gasteiger partial charge in [0, 0.05) is 18.7 Å². The number of fused-ring (bicyclic) bond motifs is 3. The lowest BCUT2D eigenvalue weighted by atomic mass is 9.84. The summed E-state index contributed by atoms with van der Waals surface area (Å²) in [6.07, 6.45) is 2.27. The van der Waals surface area contributed by atoms with Crippen molar-refractivity contribution >= 4 is 22.2 Å². The Labute approximate surface area is 114 Å². The molecule has 0 saturated carbocycles. The van der Waals surface area contributed by atoms with Crippen LogP contribution >= 0.6 is 11.3 Å². The lowest BCUT2D eigenvalue weighted by Crippen LogP contribution is -2.57. The largest absolute Gasteiger partial charge is 0.347 e. The van der Waals surface area contributed by atoms with Crippen LogP contribution in [0.2, 0.25) is 0 Å². The van der Waals surface area contributed by atoms with Crippen LogP contribution in [0, 0.1) is 16.0 Å². The summed E-state index contributed by atoms with van der Waals surface area (Å²) in [5.74, 6) is 0.376. The Morgan fingerprint density at radius 3 is 2.68 bits per heavy atom. The van der Waals surface area contributed by atoms with Crippen molar-refractivity contribution in [3.05, 3.63) is 27.1 Å². The molecular formula is C12H15N3O3S. The van der Waals surface area contributed by atoms with Crippen molar-refractivity contribution in [1.82, 2.24) is 10.2 Å². The summed E-state index contributed by atoms with van der Waals surface area (Å²) < 4.78 is 0. The van der Waals surface area contributed by atoms with Gasteiger partial charge in [-0.25, -0.2) is 0 Å². The highest BCUT2D eigenvalue weighted by molar-refractivity contribution is 7.17. The third kappa shape index (κ3) is 2.48. The highest BCUT2D eigenvalue weighted by Gasteiger charge is 2.35. The number of hydrogen-bond donors (Lipinski definition) is 1. The Bertz CT molecular complexity index is 508. The zero-order valence-electron chi connectivity index (χ0n) is 10.4. The molecule has 1 amide bonds. The van der Waals surface area contributed by atoms with Gasteiger partial charge in [0.05, 0.1) is 9.80 Å². The van der Waals surface area contributed by atoms with Crippen LogP contribution in [-0.2, 0) is 0 Å². The van der Waals surface area contributed by atoms with E-state index in [4.69, 9.17) is 0 Å². The molecule has 0 aromatic carbocycles. The van der Waals surface area contributed by atoms with E-state index in [0.29, 0.717) is 10.8 Å². The molecular weight excluding hydrogens is 267 g/mol. The molecule has 0 radical (unpaired) electrons. The zero-order chi connectivity index (χ0) is 13.4. The fourth-order valence-corrected chi connectivity index (χ4v) is 3.64. The number of carbonyl (C=O) groups excluding carboxylic acids is 1. The highest BCUT2D eigenvalue weighted by Crippen LogP contribution is 2.28. The standard InChI is InChI=1S/C12H15N3O3S/c16-12(10-1-2-11(19-10)15(17)18)13-9-7-14-5-3-8(9)4-6-14/h1-2,8-9H,3-7H2,(H,13,16)/t9-/m0/s1/i12+1. The first-order chi connectivity index (χ1) is 9.13. The van der Waals surface area contributed by atoms with Gasteiger partial charge in [0.25, 0.3) is 5.91 Å². The van der Waals surface area contributed by atoms with Gasteiger partial charge >= 0.3 is 5.00 Å². The summed E-state index contributed by atoms with van der Waals surface area (Å²) in [5, 5.41) is 13.6. The number of thiophene rings is 1. The predicted octanol–water partition coefficient (Wildman–Crippen LogP) is 1.48. The SMILES string of the molecule is O=[13C](N[C@H]1CN2CCC1CC2)c1ccc([N+](=O)[O-])s1. The van der Waals surface area contributed by atoms with E-state index in [2.05, 4.69) is 10.2 Å². The van der Waals surface area contributed by atoms with Crippen molar-refractivity contribution < 1.29 is 9.72 Å². The summed E-state index contributed by atoms with van der Waals surface area (Å²) in [5.41, 5.74) is 0. The molecule has 1 atom stereocenters. The van der Waals surface area contributed by atoms with Gasteiger partial charge in [-0.15, -0.1) is 0 Å². The van der Waals surface area contributed by atoms with Crippen LogP contribution in [0.15, 0.2) is 12.1 Å². The van der Waals surface area contributed by atoms with Crippen LogP contribution in [0.1, 0.15) is 22.5 Å². The number of carbonyl (C=O) groups is 1. The van der Waals surface area contributed by atoms with E-state index in [1.807, 2.05) is 0 Å². The maximum atomic E-state index is 12.1. The van der Waals surface area contributed by atoms with Crippen LogP contribution < -0.4 is 5.32 Å². The lowest BCUT2D eigenvalue weighted by Gasteiger charge is -2.44. The van der Waals surface area contributed by atoms with Gasteiger partial charge in [-0.05, 0) is 37.9 Å². The molecule has 4 heterocycles. The van der Waals surface area contributed by atoms with Gasteiger partial charge in [0.1, 0.15) is 0 Å². The first-order valence-corrected chi connectivity index (χ1v) is 7.22. The van der Waals surface area contributed by atoms with Crippen molar-refractivity contribution in [3.8, 4) is 0 Å². The number of nitrogens with zero attached hydrogens (tertiary/aromatic N) is 2. The van der Waals surface area contributed by atoms with E-state index in [1.54, 1.807) is 0 Å². The minimum Gasteiger partial charge on any atom is -0.347 e. The molecule has 3 fully saturated rings. The van der Waals surface area contributed by atoms with Gasteiger partial charge in [0.2, 0.25) is 0 Å². The van der Waals surface area contributed by atoms with Crippen LogP contribution in [0.4, 0.5) is 5.00 Å². The minimum atomic E-state index is -0.463. The molecule has 6 nitrogen and oxygen atoms in total. The number of hydrogen-bond acceptors (Lipinski definition) is 5. The summed E-state index contributed by atoms with van der Waals surface area (Å²) >= 11 is 0.933. The smallest absolute Gasteiger partial charge is 0.324 e. The molecule has 0 unspecified atom stereocenters. The van der Waals surface area contributed by atoms with E-state index < -0.39 is 4.92 Å². The molecule has 4 rings (SSSR count). The summed E-state index contributed by atoms with van der Waals surface area (Å²) in [4.78, 5) is 25.0. The van der Waals surface area contributed by atoms with E-state index in [-0.39, 0.29) is 17.0 Å². The maximum Gasteiger partial charge on any atom is 0.324 e. The third-order valence-corrected chi connectivity index (χ3v) is 5.00. The van der Waals surface area contributed by atoms with E-state index in [1.165, 1.54) is 12.1 Å². The minimum absolute atomic E-state index is 0.0130. The predicted molar refractivity (Wildman–Crippen MR) is 71.4 cm³/mol. The van der Waals surface area contributed by atoms with Gasteiger partial charge in [0.15, 0.2) is 0 Å². The number of amides is 1. The second-order valence-electron chi connectivity index (χ2n) is 5.11. The number of rotatable bonds is 3. The van der Waals surface area contributed by atoms with Gasteiger partial charge in [-0.2, -0.15) is 0 Å². The van der Waals surface area contributed by atoms with Crippen molar-refractivity contribution in [1.29, 1.82) is 0 Å². The summed E-state index contributed by atoms with van der Waals surface area (Å²) in [6.45, 7) is 3.16. The molecule has 3 aliphatic heterocycles. The van der Waals surface area contributed by atoms with Gasteiger partial charge in [-0.3, -0.25) is 14.9 Å². The van der Waals surface area contributed by atoms with Crippen molar-refractivity contribution in [2.75, 3.05) is 19.6 Å². The van der Waals surface area contributed by atoms with Crippen LogP contribution in [0.5, 0.6) is 0 Å². The highest BCUT2D eigenvalue weighted by atomic mass is 32.1.